The van der Waals surface area contributed by atoms with Crippen LogP contribution in [-0.2, 0) is 20.1 Å². The number of rotatable bonds is 6. The number of aromatic hydroxyl groups is 1. The number of guanidine groups is 1. The number of aromatic nitrogens is 1. The number of nitrogens with zero attached hydrogens (tertiary/aromatic N) is 2. The van der Waals surface area contributed by atoms with E-state index in [1.807, 2.05) is 24.6 Å². The largest absolute Gasteiger partial charge is 0.508 e. The second-order valence-corrected chi connectivity index (χ2v) is 6.14. The topological polar surface area (TPSA) is 70.8 Å². The number of ether oxygens (including phenoxy) is 1. The molecule has 0 spiro atoms. The fourth-order valence-corrected chi connectivity index (χ4v) is 2.67. The van der Waals surface area contributed by atoms with Crippen molar-refractivity contribution in [1.82, 2.24) is 15.2 Å². The molecular weight excluding hydrogens is 490 g/mol. The average molecular weight is 513 g/mol. The van der Waals surface area contributed by atoms with Gasteiger partial charge in [-0.05, 0) is 31.2 Å². The van der Waals surface area contributed by atoms with Gasteiger partial charge in [0.2, 0.25) is 0 Å². The molecular formula is C17H23Cl2IN4O2. The lowest BCUT2D eigenvalue weighted by Gasteiger charge is -2.12. The van der Waals surface area contributed by atoms with Gasteiger partial charge < -0.3 is 25.0 Å². The average Bonchev–Trinajstić information content (AvgIpc) is 2.85. The fourth-order valence-electron chi connectivity index (χ4n) is 2.25. The Kier molecular flexibility index (Phi) is 9.38. The molecule has 1 heterocycles. The Hall–Kier alpha value is -1.32. The summed E-state index contributed by atoms with van der Waals surface area (Å²) in [6.07, 6.45) is 0. The van der Waals surface area contributed by atoms with Crippen LogP contribution in [0.2, 0.25) is 10.2 Å². The van der Waals surface area contributed by atoms with Crippen LogP contribution in [0.3, 0.4) is 0 Å². The molecule has 0 fully saturated rings. The smallest absolute Gasteiger partial charge is 0.191 e. The third kappa shape index (κ3) is 5.85. The van der Waals surface area contributed by atoms with Crippen molar-refractivity contribution in [2.45, 2.75) is 20.0 Å². The van der Waals surface area contributed by atoms with Crippen LogP contribution in [-0.4, -0.2) is 29.3 Å². The quantitative estimate of drug-likeness (QED) is 0.311. The molecule has 0 aliphatic rings. The molecule has 144 valence electrons. The number of phenolic OH excluding ortho intramolecular Hbond substituents is 1. The Bertz CT molecular complexity index is 765. The van der Waals surface area contributed by atoms with Gasteiger partial charge in [-0.15, -0.1) is 24.0 Å². The lowest BCUT2D eigenvalue weighted by molar-refractivity contribution is 0.411. The number of benzene rings is 1. The molecule has 0 saturated heterocycles. The maximum Gasteiger partial charge on any atom is 0.191 e. The molecule has 6 nitrogen and oxygen atoms in total. The van der Waals surface area contributed by atoms with Crippen molar-refractivity contribution in [3.8, 4) is 11.5 Å². The minimum Gasteiger partial charge on any atom is -0.508 e. The Labute approximate surface area is 180 Å². The summed E-state index contributed by atoms with van der Waals surface area (Å²) in [5.74, 6) is 1.48. The number of aliphatic imine (C=N–C) groups is 1. The number of hydrogen-bond acceptors (Lipinski definition) is 3. The lowest BCUT2D eigenvalue weighted by Crippen LogP contribution is -2.37. The highest BCUT2D eigenvalue weighted by molar-refractivity contribution is 14.0. The summed E-state index contributed by atoms with van der Waals surface area (Å²) in [4.78, 5) is 4.50. The predicted octanol–water partition coefficient (Wildman–Crippen LogP) is 3.92. The van der Waals surface area contributed by atoms with E-state index < -0.39 is 0 Å². The van der Waals surface area contributed by atoms with E-state index in [2.05, 4.69) is 15.6 Å². The van der Waals surface area contributed by atoms with Gasteiger partial charge in [0.1, 0.15) is 16.7 Å². The molecule has 1 aromatic carbocycles. The first kappa shape index (κ1) is 22.7. The summed E-state index contributed by atoms with van der Waals surface area (Å²) in [6.45, 7) is 3.52. The number of phenols is 1. The van der Waals surface area contributed by atoms with Gasteiger partial charge in [0.15, 0.2) is 5.96 Å². The van der Waals surface area contributed by atoms with Crippen LogP contribution in [0, 0.1) is 0 Å². The monoisotopic (exact) mass is 512 g/mol. The summed E-state index contributed by atoms with van der Waals surface area (Å²) >= 11 is 12.1. The van der Waals surface area contributed by atoms with Gasteiger partial charge in [-0.3, -0.25) is 0 Å². The van der Waals surface area contributed by atoms with Crippen LogP contribution in [0.25, 0.3) is 0 Å². The summed E-state index contributed by atoms with van der Waals surface area (Å²) in [7, 11) is 3.44. The molecule has 3 N–H and O–H groups in total. The highest BCUT2D eigenvalue weighted by atomic mass is 127. The standard InChI is InChI=1S/C17H22Cl2N4O2.HI/c1-4-20-17(22-10-12-8-14(18)16(19)23(12)2)21-9-11-7-13(25-3)5-6-15(11)24;/h5-8,24H,4,9-10H2,1-3H3,(H2,20,21,22);1H. The first-order valence-electron chi connectivity index (χ1n) is 7.83. The van der Waals surface area contributed by atoms with E-state index in [9.17, 15) is 5.11 Å². The Morgan fingerprint density at radius 1 is 1.27 bits per heavy atom. The third-order valence-electron chi connectivity index (χ3n) is 3.69. The van der Waals surface area contributed by atoms with E-state index in [1.54, 1.807) is 25.3 Å². The summed E-state index contributed by atoms with van der Waals surface area (Å²) < 4.78 is 6.99. The SMILES string of the molecule is CCNC(=NCc1cc(OC)ccc1O)NCc1cc(Cl)c(Cl)n1C.I. The molecule has 0 saturated carbocycles. The molecule has 0 aliphatic heterocycles. The third-order valence-corrected chi connectivity index (χ3v) is 4.53. The maximum absolute atomic E-state index is 9.95. The highest BCUT2D eigenvalue weighted by Crippen LogP contribution is 2.25. The highest BCUT2D eigenvalue weighted by Gasteiger charge is 2.09. The van der Waals surface area contributed by atoms with Crippen molar-refractivity contribution in [3.63, 3.8) is 0 Å². The maximum atomic E-state index is 9.95. The number of hydrogen-bond donors (Lipinski definition) is 3. The zero-order valence-electron chi connectivity index (χ0n) is 14.8. The molecule has 0 radical (unpaired) electrons. The van der Waals surface area contributed by atoms with E-state index in [4.69, 9.17) is 27.9 Å². The normalized spacial score (nSPS) is 11.0. The van der Waals surface area contributed by atoms with E-state index >= 15 is 0 Å². The zero-order valence-corrected chi connectivity index (χ0v) is 18.7. The van der Waals surface area contributed by atoms with Crippen molar-refractivity contribution < 1.29 is 9.84 Å². The second-order valence-electron chi connectivity index (χ2n) is 5.38. The Morgan fingerprint density at radius 2 is 2.00 bits per heavy atom. The van der Waals surface area contributed by atoms with Crippen molar-refractivity contribution >= 4 is 53.1 Å². The molecule has 26 heavy (non-hydrogen) atoms. The molecule has 0 bridgehead atoms. The van der Waals surface area contributed by atoms with Crippen LogP contribution < -0.4 is 15.4 Å². The predicted molar refractivity (Wildman–Crippen MR) is 117 cm³/mol. The molecule has 0 aliphatic carbocycles. The minimum absolute atomic E-state index is 0. The van der Waals surface area contributed by atoms with E-state index in [0.717, 1.165) is 5.69 Å². The fraction of sp³-hybridized carbons (Fsp3) is 0.353. The molecule has 2 aromatic rings. The second kappa shape index (κ2) is 10.7. The van der Waals surface area contributed by atoms with Crippen LogP contribution in [0.15, 0.2) is 29.3 Å². The van der Waals surface area contributed by atoms with Crippen molar-refractivity contribution in [2.75, 3.05) is 13.7 Å². The number of methoxy groups -OCH3 is 1. The van der Waals surface area contributed by atoms with Gasteiger partial charge in [0.25, 0.3) is 0 Å². The number of nitrogens with one attached hydrogen (secondary N) is 2. The van der Waals surface area contributed by atoms with Gasteiger partial charge >= 0.3 is 0 Å². The van der Waals surface area contributed by atoms with Crippen LogP contribution in [0.5, 0.6) is 11.5 Å². The minimum atomic E-state index is 0. The van der Waals surface area contributed by atoms with Crippen molar-refractivity contribution in [1.29, 1.82) is 0 Å². The van der Waals surface area contributed by atoms with Crippen LogP contribution in [0.1, 0.15) is 18.2 Å². The Balaban J connectivity index is 0.00000338. The molecule has 9 heteroatoms. The molecule has 2 rings (SSSR count). The van der Waals surface area contributed by atoms with Crippen LogP contribution >= 0.6 is 47.2 Å². The van der Waals surface area contributed by atoms with E-state index in [-0.39, 0.29) is 29.7 Å². The first-order chi connectivity index (χ1) is 12.0. The molecule has 1 aromatic heterocycles. The number of halogens is 3. The summed E-state index contributed by atoms with van der Waals surface area (Å²) in [5, 5.41) is 17.4. The lowest BCUT2D eigenvalue weighted by atomic mass is 10.2. The molecule has 0 atom stereocenters. The van der Waals surface area contributed by atoms with Gasteiger partial charge in [0, 0.05) is 24.8 Å². The zero-order chi connectivity index (χ0) is 18.4. The Morgan fingerprint density at radius 3 is 2.58 bits per heavy atom. The van der Waals surface area contributed by atoms with Gasteiger partial charge in [-0.25, -0.2) is 4.99 Å². The van der Waals surface area contributed by atoms with Gasteiger partial charge in [0.05, 0.1) is 25.2 Å². The molecule has 0 unspecified atom stereocenters. The molecule has 0 amide bonds. The van der Waals surface area contributed by atoms with E-state index in [1.165, 1.54) is 0 Å². The van der Waals surface area contributed by atoms with Crippen molar-refractivity contribution in [3.05, 3.63) is 45.7 Å². The summed E-state index contributed by atoms with van der Waals surface area (Å²) in [5.41, 5.74) is 1.62. The van der Waals surface area contributed by atoms with Crippen molar-refractivity contribution in [2.24, 2.45) is 12.0 Å². The van der Waals surface area contributed by atoms with Gasteiger partial charge in [-0.2, -0.15) is 0 Å². The van der Waals surface area contributed by atoms with Gasteiger partial charge in [-0.1, -0.05) is 23.2 Å². The van der Waals surface area contributed by atoms with Crippen LogP contribution in [0.4, 0.5) is 0 Å². The first-order valence-corrected chi connectivity index (χ1v) is 8.59. The van der Waals surface area contributed by atoms with E-state index in [0.29, 0.717) is 47.1 Å². The summed E-state index contributed by atoms with van der Waals surface area (Å²) in [6, 6.07) is 6.88.